The summed E-state index contributed by atoms with van der Waals surface area (Å²) in [6.07, 6.45) is -0.681. The molecule has 0 fully saturated rings. The minimum atomic E-state index is -0.873. The summed E-state index contributed by atoms with van der Waals surface area (Å²) in [5.74, 6) is 0. The van der Waals surface area contributed by atoms with Crippen LogP contribution in [0.25, 0.3) is 0 Å². The lowest BCUT2D eigenvalue weighted by molar-refractivity contribution is -0.109. The Labute approximate surface area is 180 Å². The smallest absolute Gasteiger partial charge is 0.411 e. The Bertz CT molecular complexity index is 991. The summed E-state index contributed by atoms with van der Waals surface area (Å²) in [6.45, 7) is 0.263. The lowest BCUT2D eigenvalue weighted by atomic mass is 10.1. The monoisotopic (exact) mass is 418 g/mol. The molecular weight excluding hydrogens is 396 g/mol. The zero-order valence-electron chi connectivity index (χ0n) is 16.7. The van der Waals surface area contributed by atoms with Gasteiger partial charge in [0.15, 0.2) is 0 Å². The van der Waals surface area contributed by atoms with E-state index >= 15 is 0 Å². The second-order valence-corrected chi connectivity index (χ2v) is 6.63. The van der Waals surface area contributed by atoms with Crippen molar-refractivity contribution in [3.63, 3.8) is 0 Å². The van der Waals surface area contributed by atoms with Gasteiger partial charge in [0.05, 0.1) is 0 Å². The molecule has 0 aliphatic rings. The number of hydrogen-bond donors (Lipinski definition) is 2. The van der Waals surface area contributed by atoms with E-state index in [0.29, 0.717) is 17.5 Å². The summed E-state index contributed by atoms with van der Waals surface area (Å²) in [5, 5.41) is 5.12. The molecule has 0 saturated carbocycles. The number of hydrogen-bond acceptors (Lipinski definition) is 5. The first-order chi connectivity index (χ1) is 15.1. The average Bonchev–Trinajstić information content (AvgIpc) is 2.82. The molecule has 7 heteroatoms. The molecule has 1 unspecified atom stereocenters. The Morgan fingerprint density at radius 2 is 1.26 bits per heavy atom. The van der Waals surface area contributed by atoms with Crippen LogP contribution in [-0.4, -0.2) is 18.5 Å². The van der Waals surface area contributed by atoms with Crippen molar-refractivity contribution in [3.05, 3.63) is 102 Å². The minimum Gasteiger partial charge on any atom is -0.445 e. The standard InChI is InChI=1S/C24H22N2O5/c27-15-22(26-24(29)31-17-19-9-5-2-6-10-19)20-11-13-21(14-12-20)25-23(28)30-16-18-7-3-1-4-8-18/h1-15,22H,16-17H2,(H,25,28)(H,26,29). The first-order valence-corrected chi connectivity index (χ1v) is 9.64. The molecule has 0 aliphatic carbocycles. The number of rotatable bonds is 8. The third-order valence-corrected chi connectivity index (χ3v) is 4.35. The number of amides is 2. The normalized spacial score (nSPS) is 11.1. The van der Waals surface area contributed by atoms with Crippen molar-refractivity contribution in [1.29, 1.82) is 0 Å². The third-order valence-electron chi connectivity index (χ3n) is 4.35. The molecule has 2 amide bonds. The predicted molar refractivity (Wildman–Crippen MR) is 115 cm³/mol. The SMILES string of the molecule is O=CC(NC(=O)OCc1ccccc1)c1ccc(NC(=O)OCc2ccccc2)cc1. The molecule has 1 atom stereocenters. The molecule has 7 nitrogen and oxygen atoms in total. The zero-order valence-corrected chi connectivity index (χ0v) is 16.7. The van der Waals surface area contributed by atoms with Crippen molar-refractivity contribution in [2.24, 2.45) is 0 Å². The summed E-state index contributed by atoms with van der Waals surface area (Å²) in [6, 6.07) is 24.2. The maximum Gasteiger partial charge on any atom is 0.411 e. The highest BCUT2D eigenvalue weighted by atomic mass is 16.6. The number of aldehydes is 1. The molecular formula is C24H22N2O5. The van der Waals surface area contributed by atoms with Crippen LogP contribution in [0, 0.1) is 0 Å². The summed E-state index contributed by atoms with van der Waals surface area (Å²) < 4.78 is 10.3. The molecule has 0 radical (unpaired) electrons. The highest BCUT2D eigenvalue weighted by molar-refractivity contribution is 5.84. The fourth-order valence-corrected chi connectivity index (χ4v) is 2.74. The van der Waals surface area contributed by atoms with Gasteiger partial charge >= 0.3 is 12.2 Å². The Hall–Kier alpha value is -4.13. The zero-order chi connectivity index (χ0) is 21.9. The fourth-order valence-electron chi connectivity index (χ4n) is 2.74. The van der Waals surface area contributed by atoms with Crippen LogP contribution in [-0.2, 0) is 27.5 Å². The molecule has 3 aromatic rings. The Kier molecular flexibility index (Phi) is 7.77. The van der Waals surface area contributed by atoms with Crippen molar-refractivity contribution in [2.45, 2.75) is 19.3 Å². The van der Waals surface area contributed by atoms with Crippen molar-refractivity contribution in [2.75, 3.05) is 5.32 Å². The lowest BCUT2D eigenvalue weighted by Crippen LogP contribution is -2.30. The van der Waals surface area contributed by atoms with Crippen molar-refractivity contribution in [3.8, 4) is 0 Å². The lowest BCUT2D eigenvalue weighted by Gasteiger charge is -2.14. The second-order valence-electron chi connectivity index (χ2n) is 6.63. The molecule has 0 spiro atoms. The fraction of sp³-hybridized carbons (Fsp3) is 0.125. The van der Waals surface area contributed by atoms with E-state index in [4.69, 9.17) is 9.47 Å². The first kappa shape index (κ1) is 21.6. The van der Waals surface area contributed by atoms with Crippen LogP contribution in [0.15, 0.2) is 84.9 Å². The van der Waals surface area contributed by atoms with Gasteiger partial charge in [-0.15, -0.1) is 0 Å². The summed E-state index contributed by atoms with van der Waals surface area (Å²) in [4.78, 5) is 35.4. The van der Waals surface area contributed by atoms with Crippen LogP contribution in [0.4, 0.5) is 15.3 Å². The van der Waals surface area contributed by atoms with Crippen LogP contribution in [0.1, 0.15) is 22.7 Å². The van der Waals surface area contributed by atoms with E-state index in [1.54, 1.807) is 24.3 Å². The number of carbonyl (C=O) groups excluding carboxylic acids is 3. The van der Waals surface area contributed by atoms with Crippen LogP contribution in [0.2, 0.25) is 0 Å². The quantitative estimate of drug-likeness (QED) is 0.522. The summed E-state index contributed by atoms with van der Waals surface area (Å²) in [5.41, 5.74) is 2.77. The van der Waals surface area contributed by atoms with Gasteiger partial charge in [-0.2, -0.15) is 0 Å². The Morgan fingerprint density at radius 1 is 0.742 bits per heavy atom. The highest BCUT2D eigenvalue weighted by Crippen LogP contribution is 2.16. The van der Waals surface area contributed by atoms with E-state index in [9.17, 15) is 14.4 Å². The first-order valence-electron chi connectivity index (χ1n) is 9.64. The molecule has 3 aromatic carbocycles. The molecule has 3 rings (SSSR count). The van der Waals surface area contributed by atoms with Crippen molar-refractivity contribution in [1.82, 2.24) is 5.32 Å². The molecule has 0 bridgehead atoms. The van der Waals surface area contributed by atoms with Crippen LogP contribution < -0.4 is 10.6 Å². The van der Waals surface area contributed by atoms with Gasteiger partial charge < -0.3 is 19.6 Å². The van der Waals surface area contributed by atoms with E-state index in [0.717, 1.165) is 11.1 Å². The molecule has 0 heterocycles. The van der Waals surface area contributed by atoms with E-state index in [1.807, 2.05) is 60.7 Å². The van der Waals surface area contributed by atoms with Crippen LogP contribution >= 0.6 is 0 Å². The number of nitrogens with one attached hydrogen (secondary N) is 2. The molecule has 2 N–H and O–H groups in total. The summed E-state index contributed by atoms with van der Waals surface area (Å²) in [7, 11) is 0. The number of anilines is 1. The molecule has 0 aliphatic heterocycles. The molecule has 158 valence electrons. The van der Waals surface area contributed by atoms with Crippen LogP contribution in [0.3, 0.4) is 0 Å². The number of ether oxygens (including phenoxy) is 2. The molecule has 31 heavy (non-hydrogen) atoms. The topological polar surface area (TPSA) is 93.7 Å². The number of carbonyl (C=O) groups is 3. The van der Waals surface area contributed by atoms with Gasteiger partial charge in [0.25, 0.3) is 0 Å². The highest BCUT2D eigenvalue weighted by Gasteiger charge is 2.15. The van der Waals surface area contributed by atoms with Crippen LogP contribution in [0.5, 0.6) is 0 Å². The second kappa shape index (κ2) is 11.2. The van der Waals surface area contributed by atoms with Crippen molar-refractivity contribution < 1.29 is 23.9 Å². The molecule has 0 aromatic heterocycles. The van der Waals surface area contributed by atoms with Gasteiger partial charge in [-0.3, -0.25) is 5.32 Å². The Morgan fingerprint density at radius 3 is 1.77 bits per heavy atom. The van der Waals surface area contributed by atoms with Gasteiger partial charge in [0.2, 0.25) is 0 Å². The van der Waals surface area contributed by atoms with Gasteiger partial charge in [-0.05, 0) is 28.8 Å². The van der Waals surface area contributed by atoms with Gasteiger partial charge in [-0.1, -0.05) is 72.8 Å². The summed E-state index contributed by atoms with van der Waals surface area (Å²) >= 11 is 0. The van der Waals surface area contributed by atoms with Gasteiger partial charge in [0, 0.05) is 5.69 Å². The number of benzene rings is 3. The van der Waals surface area contributed by atoms with E-state index < -0.39 is 18.2 Å². The largest absolute Gasteiger partial charge is 0.445 e. The minimum absolute atomic E-state index is 0.103. The number of alkyl carbamates (subject to hydrolysis) is 1. The molecule has 0 saturated heterocycles. The van der Waals surface area contributed by atoms with E-state index in [-0.39, 0.29) is 13.2 Å². The van der Waals surface area contributed by atoms with Gasteiger partial charge in [0.1, 0.15) is 25.5 Å². The van der Waals surface area contributed by atoms with E-state index in [1.165, 1.54) is 0 Å². The maximum atomic E-state index is 12.0. The van der Waals surface area contributed by atoms with E-state index in [2.05, 4.69) is 10.6 Å². The average molecular weight is 418 g/mol. The van der Waals surface area contributed by atoms with Crippen molar-refractivity contribution >= 4 is 24.2 Å². The predicted octanol–water partition coefficient (Wildman–Crippen LogP) is 4.60. The maximum absolute atomic E-state index is 12.0. The van der Waals surface area contributed by atoms with Gasteiger partial charge in [-0.25, -0.2) is 9.59 Å². The third kappa shape index (κ3) is 7.01. The Balaban J connectivity index is 1.48.